The van der Waals surface area contributed by atoms with Crippen LogP contribution in [0.4, 0.5) is 0 Å². The third-order valence-corrected chi connectivity index (χ3v) is 3.40. The number of aliphatic hydroxyl groups excluding tert-OH is 1. The van der Waals surface area contributed by atoms with Crippen LogP contribution in [-0.2, 0) is 14.3 Å². The fourth-order valence-electron chi connectivity index (χ4n) is 1.58. The average Bonchev–Trinajstić information content (AvgIpc) is 2.48. The first-order valence-corrected chi connectivity index (χ1v) is 8.95. The second-order valence-electron chi connectivity index (χ2n) is 5.21. The zero-order valence-electron chi connectivity index (χ0n) is 14.7. The van der Waals surface area contributed by atoms with Crippen LogP contribution >= 0.6 is 11.8 Å². The summed E-state index contributed by atoms with van der Waals surface area (Å²) in [7, 11) is 1.52. The molecule has 2 amide bonds. The molecular formula is C15H32N2O4S. The third kappa shape index (κ3) is 10.9. The molecule has 0 bridgehead atoms. The van der Waals surface area contributed by atoms with Crippen LogP contribution in [0.5, 0.6) is 0 Å². The quantitative estimate of drug-likeness (QED) is 0.519. The first kappa shape index (κ1) is 23.5. The van der Waals surface area contributed by atoms with Gasteiger partial charge in [-0.05, 0) is 6.26 Å². The first-order chi connectivity index (χ1) is 10.3. The Labute approximate surface area is 138 Å². The Morgan fingerprint density at radius 3 is 2.32 bits per heavy atom. The third-order valence-electron chi connectivity index (χ3n) is 2.78. The number of rotatable bonds is 10. The van der Waals surface area contributed by atoms with E-state index in [0.717, 1.165) is 5.75 Å². The molecule has 0 rings (SSSR count). The molecule has 0 spiro atoms. The lowest BCUT2D eigenvalue weighted by atomic mass is 9.87. The molecule has 0 aromatic heterocycles. The van der Waals surface area contributed by atoms with E-state index in [9.17, 15) is 14.7 Å². The molecule has 0 aliphatic rings. The highest BCUT2D eigenvalue weighted by atomic mass is 32.2. The van der Waals surface area contributed by atoms with Gasteiger partial charge in [0.15, 0.2) is 0 Å². The van der Waals surface area contributed by atoms with Gasteiger partial charge in [-0.1, -0.05) is 27.7 Å². The largest absolute Gasteiger partial charge is 0.384 e. The lowest BCUT2D eigenvalue weighted by Gasteiger charge is -2.28. The molecule has 0 aliphatic carbocycles. The molecular weight excluding hydrogens is 304 g/mol. The number of hydrogen-bond acceptors (Lipinski definition) is 5. The molecule has 7 heteroatoms. The maximum absolute atomic E-state index is 11.8. The Balaban J connectivity index is 0. The molecule has 0 saturated carbocycles. The van der Waals surface area contributed by atoms with Crippen molar-refractivity contribution in [3.8, 4) is 0 Å². The second-order valence-corrected chi connectivity index (χ2v) is 6.19. The fourth-order valence-corrected chi connectivity index (χ4v) is 1.89. The zero-order chi connectivity index (χ0) is 17.6. The summed E-state index contributed by atoms with van der Waals surface area (Å²) in [5.74, 6) is 0.274. The molecule has 0 heterocycles. The topological polar surface area (TPSA) is 87.7 Å². The van der Waals surface area contributed by atoms with Gasteiger partial charge >= 0.3 is 0 Å². The standard InChI is InChI=1S/C13H26N2O4S.C2H6/c1-13(2,9-19-3)11(17)12(18)15-6-5-10(16)14-7-8-20-4;1-2/h11,17H,5-9H2,1-4H3,(H,14,16)(H,15,18);1-2H3. The van der Waals surface area contributed by atoms with Gasteiger partial charge in [0.1, 0.15) is 6.10 Å². The molecule has 0 aromatic carbocycles. The number of hydrogen-bond donors (Lipinski definition) is 3. The molecule has 1 unspecified atom stereocenters. The normalized spacial score (nSPS) is 12.0. The van der Waals surface area contributed by atoms with Crippen LogP contribution in [0.3, 0.4) is 0 Å². The second kappa shape index (κ2) is 13.8. The van der Waals surface area contributed by atoms with Gasteiger partial charge in [-0.15, -0.1) is 0 Å². The van der Waals surface area contributed by atoms with Crippen molar-refractivity contribution >= 4 is 23.6 Å². The van der Waals surface area contributed by atoms with Crippen LogP contribution in [0.25, 0.3) is 0 Å². The van der Waals surface area contributed by atoms with Gasteiger partial charge in [-0.2, -0.15) is 11.8 Å². The minimum absolute atomic E-state index is 0.106. The minimum atomic E-state index is -1.16. The molecule has 1 atom stereocenters. The van der Waals surface area contributed by atoms with Crippen molar-refractivity contribution in [2.45, 2.75) is 40.2 Å². The minimum Gasteiger partial charge on any atom is -0.384 e. The number of carbonyl (C=O) groups is 2. The number of nitrogens with one attached hydrogen (secondary N) is 2. The summed E-state index contributed by atoms with van der Waals surface area (Å²) in [4.78, 5) is 23.2. The number of carbonyl (C=O) groups excluding carboxylic acids is 2. The molecule has 0 fully saturated rings. The zero-order valence-corrected chi connectivity index (χ0v) is 15.5. The summed E-state index contributed by atoms with van der Waals surface area (Å²) in [6.07, 6.45) is 1.01. The molecule has 6 nitrogen and oxygen atoms in total. The van der Waals surface area contributed by atoms with Gasteiger partial charge < -0.3 is 20.5 Å². The van der Waals surface area contributed by atoms with Gasteiger partial charge in [0.05, 0.1) is 6.61 Å². The number of thioether (sulfide) groups is 1. The SMILES string of the molecule is CC.COCC(C)(C)C(O)C(=O)NCCC(=O)NCCSC. The van der Waals surface area contributed by atoms with Crippen molar-refractivity contribution in [1.82, 2.24) is 10.6 Å². The van der Waals surface area contributed by atoms with Crippen LogP contribution in [0.1, 0.15) is 34.1 Å². The number of amides is 2. The van der Waals surface area contributed by atoms with E-state index in [-0.39, 0.29) is 25.5 Å². The maximum atomic E-state index is 11.8. The average molecular weight is 336 g/mol. The van der Waals surface area contributed by atoms with E-state index in [4.69, 9.17) is 4.74 Å². The summed E-state index contributed by atoms with van der Waals surface area (Å²) in [5.41, 5.74) is -0.667. The molecule has 0 saturated heterocycles. The highest BCUT2D eigenvalue weighted by Gasteiger charge is 2.33. The predicted octanol–water partition coefficient (Wildman–Crippen LogP) is 1.03. The monoisotopic (exact) mass is 336 g/mol. The summed E-state index contributed by atoms with van der Waals surface area (Å²) in [6, 6.07) is 0. The molecule has 0 aliphatic heterocycles. The van der Waals surface area contributed by atoms with Crippen LogP contribution in [-0.4, -0.2) is 61.8 Å². The molecule has 0 aromatic rings. The van der Waals surface area contributed by atoms with Crippen molar-refractivity contribution in [3.05, 3.63) is 0 Å². The molecule has 22 heavy (non-hydrogen) atoms. The number of methoxy groups -OCH3 is 1. The molecule has 0 radical (unpaired) electrons. The first-order valence-electron chi connectivity index (χ1n) is 7.55. The lowest BCUT2D eigenvalue weighted by molar-refractivity contribution is -0.137. The van der Waals surface area contributed by atoms with Crippen LogP contribution < -0.4 is 10.6 Å². The smallest absolute Gasteiger partial charge is 0.249 e. The van der Waals surface area contributed by atoms with Crippen molar-refractivity contribution in [2.24, 2.45) is 5.41 Å². The van der Waals surface area contributed by atoms with Gasteiger partial charge in [0, 0.05) is 37.8 Å². The molecule has 132 valence electrons. The van der Waals surface area contributed by atoms with Crippen molar-refractivity contribution in [3.63, 3.8) is 0 Å². The van der Waals surface area contributed by atoms with E-state index < -0.39 is 17.4 Å². The van der Waals surface area contributed by atoms with Gasteiger partial charge in [0.2, 0.25) is 11.8 Å². The number of aliphatic hydroxyl groups is 1. The van der Waals surface area contributed by atoms with Crippen LogP contribution in [0.2, 0.25) is 0 Å². The van der Waals surface area contributed by atoms with Crippen LogP contribution in [0, 0.1) is 5.41 Å². The Kier molecular flexibility index (Phi) is 14.8. The molecule has 3 N–H and O–H groups in total. The Hall–Kier alpha value is -0.790. The lowest BCUT2D eigenvalue weighted by Crippen LogP contribution is -2.46. The Morgan fingerprint density at radius 1 is 1.23 bits per heavy atom. The van der Waals surface area contributed by atoms with Crippen molar-refractivity contribution in [2.75, 3.05) is 38.8 Å². The summed E-state index contributed by atoms with van der Waals surface area (Å²) >= 11 is 1.65. The highest BCUT2D eigenvalue weighted by molar-refractivity contribution is 7.98. The van der Waals surface area contributed by atoms with Gasteiger partial charge in [-0.25, -0.2) is 0 Å². The van der Waals surface area contributed by atoms with E-state index in [1.165, 1.54) is 7.11 Å². The van der Waals surface area contributed by atoms with Crippen LogP contribution in [0.15, 0.2) is 0 Å². The number of ether oxygens (including phenoxy) is 1. The van der Waals surface area contributed by atoms with Gasteiger partial charge in [0.25, 0.3) is 0 Å². The van der Waals surface area contributed by atoms with Crippen molar-refractivity contribution in [1.29, 1.82) is 0 Å². The Bertz CT molecular complexity index is 312. The fraction of sp³-hybridized carbons (Fsp3) is 0.867. The van der Waals surface area contributed by atoms with E-state index >= 15 is 0 Å². The summed E-state index contributed by atoms with van der Waals surface area (Å²) in [6.45, 7) is 8.60. The maximum Gasteiger partial charge on any atom is 0.249 e. The van der Waals surface area contributed by atoms with E-state index in [1.54, 1.807) is 25.6 Å². The summed E-state index contributed by atoms with van der Waals surface area (Å²) in [5, 5.41) is 15.2. The van der Waals surface area contributed by atoms with E-state index in [1.807, 2.05) is 20.1 Å². The predicted molar refractivity (Wildman–Crippen MR) is 92.0 cm³/mol. The summed E-state index contributed by atoms with van der Waals surface area (Å²) < 4.78 is 4.97. The van der Waals surface area contributed by atoms with E-state index in [0.29, 0.717) is 6.54 Å². The van der Waals surface area contributed by atoms with Gasteiger partial charge in [-0.3, -0.25) is 9.59 Å². The Morgan fingerprint density at radius 2 is 1.82 bits per heavy atom. The highest BCUT2D eigenvalue weighted by Crippen LogP contribution is 2.20. The van der Waals surface area contributed by atoms with Crippen molar-refractivity contribution < 1.29 is 19.4 Å². The van der Waals surface area contributed by atoms with E-state index in [2.05, 4.69) is 10.6 Å².